The van der Waals surface area contributed by atoms with Gasteiger partial charge in [0.25, 0.3) is 0 Å². The van der Waals surface area contributed by atoms with Gasteiger partial charge in [0, 0.05) is 12.1 Å². The van der Waals surface area contributed by atoms with Crippen molar-refractivity contribution in [3.8, 4) is 5.75 Å². The van der Waals surface area contributed by atoms with Crippen molar-refractivity contribution < 1.29 is 19.1 Å². The summed E-state index contributed by atoms with van der Waals surface area (Å²) >= 11 is 0. The third kappa shape index (κ3) is 6.22. The first kappa shape index (κ1) is 16.0. The molecule has 20 heavy (non-hydrogen) atoms. The first-order valence-electron chi connectivity index (χ1n) is 6.73. The minimum atomic E-state index is -0.358. The zero-order valence-corrected chi connectivity index (χ0v) is 12.1. The molecular weight excluding hydrogens is 258 g/mol. The summed E-state index contributed by atoms with van der Waals surface area (Å²) in [4.78, 5) is 22.8. The number of amides is 1. The molecule has 0 saturated carbocycles. The Bertz CT molecular complexity index is 440. The van der Waals surface area contributed by atoms with Crippen LogP contribution < -0.4 is 10.1 Å². The van der Waals surface area contributed by atoms with Crippen molar-refractivity contribution >= 4 is 17.6 Å². The highest BCUT2D eigenvalue weighted by molar-refractivity contribution is 5.92. The van der Waals surface area contributed by atoms with Gasteiger partial charge in [-0.25, -0.2) is 0 Å². The first-order valence-corrected chi connectivity index (χ1v) is 6.73. The first-order chi connectivity index (χ1) is 9.51. The highest BCUT2D eigenvalue weighted by atomic mass is 16.5. The summed E-state index contributed by atoms with van der Waals surface area (Å²) in [5.74, 6) is 0.184. The molecule has 0 atom stereocenters. The summed E-state index contributed by atoms with van der Waals surface area (Å²) in [6.07, 6.45) is 0.317. The second-order valence-electron chi connectivity index (χ2n) is 4.54. The van der Waals surface area contributed by atoms with Crippen LogP contribution in [0.1, 0.15) is 33.6 Å². The molecule has 1 rings (SSSR count). The maximum atomic E-state index is 11.6. The van der Waals surface area contributed by atoms with Crippen molar-refractivity contribution in [1.29, 1.82) is 0 Å². The van der Waals surface area contributed by atoms with Gasteiger partial charge in [-0.15, -0.1) is 0 Å². The van der Waals surface area contributed by atoms with Gasteiger partial charge in [0.15, 0.2) is 0 Å². The monoisotopic (exact) mass is 279 g/mol. The highest BCUT2D eigenvalue weighted by Gasteiger charge is 2.08. The highest BCUT2D eigenvalue weighted by Crippen LogP contribution is 2.17. The Balaban J connectivity index is 2.40. The number of hydrogen-bond acceptors (Lipinski definition) is 4. The van der Waals surface area contributed by atoms with E-state index in [1.807, 2.05) is 13.8 Å². The average molecular weight is 279 g/mol. The smallest absolute Gasteiger partial charge is 0.306 e. The van der Waals surface area contributed by atoms with E-state index in [0.717, 1.165) is 5.75 Å². The Morgan fingerprint density at radius 3 is 2.35 bits per heavy atom. The second-order valence-corrected chi connectivity index (χ2v) is 4.54. The molecule has 0 aliphatic carbocycles. The zero-order valence-electron chi connectivity index (χ0n) is 12.1. The van der Waals surface area contributed by atoms with Crippen molar-refractivity contribution in [1.82, 2.24) is 0 Å². The van der Waals surface area contributed by atoms with Crippen LogP contribution in [0.2, 0.25) is 0 Å². The standard InChI is InChI=1S/C15H21NO4/c1-4-19-15(18)10-9-14(17)16-12-5-7-13(8-6-12)20-11(2)3/h5-8,11H,4,9-10H2,1-3H3,(H,16,17). The Kier molecular flexibility index (Phi) is 6.56. The lowest BCUT2D eigenvalue weighted by molar-refractivity contribution is -0.144. The Hall–Kier alpha value is -2.04. The van der Waals surface area contributed by atoms with Crippen LogP contribution >= 0.6 is 0 Å². The fourth-order valence-corrected chi connectivity index (χ4v) is 1.56. The Morgan fingerprint density at radius 1 is 1.15 bits per heavy atom. The molecule has 0 heterocycles. The molecule has 110 valence electrons. The van der Waals surface area contributed by atoms with Crippen LogP contribution in [0.3, 0.4) is 0 Å². The molecule has 0 fully saturated rings. The summed E-state index contributed by atoms with van der Waals surface area (Å²) in [5, 5.41) is 2.72. The van der Waals surface area contributed by atoms with Crippen LogP contribution in [0.5, 0.6) is 5.75 Å². The number of rotatable bonds is 7. The van der Waals surface area contributed by atoms with E-state index in [0.29, 0.717) is 12.3 Å². The predicted molar refractivity (Wildman–Crippen MR) is 76.7 cm³/mol. The third-order valence-electron chi connectivity index (χ3n) is 2.37. The van der Waals surface area contributed by atoms with Crippen LogP contribution in [0.4, 0.5) is 5.69 Å². The van der Waals surface area contributed by atoms with Crippen molar-refractivity contribution in [2.45, 2.75) is 39.7 Å². The van der Waals surface area contributed by atoms with Gasteiger partial charge in [-0.2, -0.15) is 0 Å². The summed E-state index contributed by atoms with van der Waals surface area (Å²) in [6, 6.07) is 7.11. The minimum absolute atomic E-state index is 0.0915. The molecule has 1 aromatic rings. The van der Waals surface area contributed by atoms with Gasteiger partial charge in [0.2, 0.25) is 5.91 Å². The van der Waals surface area contributed by atoms with Gasteiger partial charge in [-0.3, -0.25) is 9.59 Å². The molecule has 1 aromatic carbocycles. The Morgan fingerprint density at radius 2 is 1.80 bits per heavy atom. The molecule has 0 saturated heterocycles. The van der Waals surface area contributed by atoms with Gasteiger partial charge in [-0.05, 0) is 45.0 Å². The summed E-state index contributed by atoms with van der Waals surface area (Å²) in [7, 11) is 0. The van der Waals surface area contributed by atoms with E-state index >= 15 is 0 Å². The normalized spacial score (nSPS) is 10.2. The largest absolute Gasteiger partial charge is 0.491 e. The van der Waals surface area contributed by atoms with Crippen LogP contribution in [-0.4, -0.2) is 24.6 Å². The van der Waals surface area contributed by atoms with Crippen LogP contribution in [0, 0.1) is 0 Å². The molecule has 0 aliphatic heterocycles. The molecule has 1 N–H and O–H groups in total. The van der Waals surface area contributed by atoms with E-state index in [2.05, 4.69) is 5.32 Å². The van der Waals surface area contributed by atoms with Crippen molar-refractivity contribution in [3.63, 3.8) is 0 Å². The number of carbonyl (C=O) groups excluding carboxylic acids is 2. The maximum absolute atomic E-state index is 11.6. The minimum Gasteiger partial charge on any atom is -0.491 e. The second kappa shape index (κ2) is 8.19. The van der Waals surface area contributed by atoms with Gasteiger partial charge >= 0.3 is 5.97 Å². The van der Waals surface area contributed by atoms with Crippen LogP contribution in [0.25, 0.3) is 0 Å². The van der Waals surface area contributed by atoms with E-state index < -0.39 is 0 Å². The molecule has 5 heteroatoms. The molecule has 5 nitrogen and oxygen atoms in total. The van der Waals surface area contributed by atoms with E-state index in [-0.39, 0.29) is 30.8 Å². The summed E-state index contributed by atoms with van der Waals surface area (Å²) in [6.45, 7) is 5.96. The van der Waals surface area contributed by atoms with Gasteiger partial charge in [0.05, 0.1) is 19.1 Å². The van der Waals surface area contributed by atoms with Crippen LogP contribution in [-0.2, 0) is 14.3 Å². The molecule has 0 unspecified atom stereocenters. The molecule has 0 radical (unpaired) electrons. The summed E-state index contributed by atoms with van der Waals surface area (Å²) < 4.78 is 10.3. The van der Waals surface area contributed by atoms with Crippen LogP contribution in [0.15, 0.2) is 24.3 Å². The lowest BCUT2D eigenvalue weighted by Gasteiger charge is -2.10. The SMILES string of the molecule is CCOC(=O)CCC(=O)Nc1ccc(OC(C)C)cc1. The van der Waals surface area contributed by atoms with Gasteiger partial charge < -0.3 is 14.8 Å². The molecule has 0 spiro atoms. The fourth-order valence-electron chi connectivity index (χ4n) is 1.56. The Labute approximate surface area is 119 Å². The molecule has 0 aliphatic rings. The topological polar surface area (TPSA) is 64.6 Å². The van der Waals surface area contributed by atoms with Crippen molar-refractivity contribution in [2.24, 2.45) is 0 Å². The molecular formula is C15H21NO4. The zero-order chi connectivity index (χ0) is 15.0. The number of esters is 1. The number of benzene rings is 1. The predicted octanol–water partition coefficient (Wildman–Crippen LogP) is 2.76. The van der Waals surface area contributed by atoms with Crippen molar-refractivity contribution in [3.05, 3.63) is 24.3 Å². The molecule has 0 bridgehead atoms. The number of nitrogens with one attached hydrogen (secondary N) is 1. The molecule has 1 amide bonds. The molecule has 0 aromatic heterocycles. The number of hydrogen-bond donors (Lipinski definition) is 1. The lowest BCUT2D eigenvalue weighted by Crippen LogP contribution is -2.14. The summed E-state index contributed by atoms with van der Waals surface area (Å²) in [5.41, 5.74) is 0.676. The van der Waals surface area contributed by atoms with Gasteiger partial charge in [0.1, 0.15) is 5.75 Å². The average Bonchev–Trinajstić information content (AvgIpc) is 2.38. The van der Waals surface area contributed by atoms with Crippen molar-refractivity contribution in [2.75, 3.05) is 11.9 Å². The van der Waals surface area contributed by atoms with Gasteiger partial charge in [-0.1, -0.05) is 0 Å². The number of ether oxygens (including phenoxy) is 2. The van der Waals surface area contributed by atoms with E-state index in [4.69, 9.17) is 9.47 Å². The van der Waals surface area contributed by atoms with E-state index in [9.17, 15) is 9.59 Å². The number of carbonyl (C=O) groups is 2. The number of anilines is 1. The van der Waals surface area contributed by atoms with E-state index in [1.165, 1.54) is 0 Å². The van der Waals surface area contributed by atoms with E-state index in [1.54, 1.807) is 31.2 Å². The quantitative estimate of drug-likeness (QED) is 0.779. The maximum Gasteiger partial charge on any atom is 0.306 e. The lowest BCUT2D eigenvalue weighted by atomic mass is 10.2. The fraction of sp³-hybridized carbons (Fsp3) is 0.467. The third-order valence-corrected chi connectivity index (χ3v) is 2.37.